The first kappa shape index (κ1) is 20.3. The SMILES string of the molecule is CCOC(=O)c1cc(CC)sc1NC(=O)CN1CCCCC1C1OCCO1. The summed E-state index contributed by atoms with van der Waals surface area (Å²) < 4.78 is 16.4. The number of ether oxygens (including phenoxy) is 3. The zero-order chi connectivity index (χ0) is 19.2. The molecule has 1 aromatic heterocycles. The fourth-order valence-electron chi connectivity index (χ4n) is 3.54. The molecule has 8 heteroatoms. The molecule has 2 fully saturated rings. The number of thiophene rings is 1. The molecule has 0 radical (unpaired) electrons. The van der Waals surface area contributed by atoms with E-state index in [1.165, 1.54) is 11.3 Å². The first-order valence-corrected chi connectivity index (χ1v) is 10.5. The monoisotopic (exact) mass is 396 g/mol. The van der Waals surface area contributed by atoms with E-state index >= 15 is 0 Å². The van der Waals surface area contributed by atoms with Gasteiger partial charge in [0.2, 0.25) is 5.91 Å². The van der Waals surface area contributed by atoms with Gasteiger partial charge in [-0.25, -0.2) is 4.79 Å². The number of esters is 1. The van der Waals surface area contributed by atoms with Crippen molar-refractivity contribution in [1.29, 1.82) is 0 Å². The Kier molecular flexibility index (Phi) is 7.23. The maximum atomic E-state index is 12.7. The molecule has 150 valence electrons. The summed E-state index contributed by atoms with van der Waals surface area (Å²) in [6.45, 7) is 6.42. The molecule has 1 N–H and O–H groups in total. The topological polar surface area (TPSA) is 77.1 Å². The smallest absolute Gasteiger partial charge is 0.341 e. The molecule has 1 atom stereocenters. The zero-order valence-electron chi connectivity index (χ0n) is 16.0. The fraction of sp³-hybridized carbons (Fsp3) is 0.684. The van der Waals surface area contributed by atoms with Crippen molar-refractivity contribution in [3.8, 4) is 0 Å². The van der Waals surface area contributed by atoms with E-state index < -0.39 is 5.97 Å². The van der Waals surface area contributed by atoms with Crippen LogP contribution in [0.2, 0.25) is 0 Å². The van der Waals surface area contributed by atoms with Crippen molar-refractivity contribution in [2.24, 2.45) is 0 Å². The van der Waals surface area contributed by atoms with E-state index in [2.05, 4.69) is 10.2 Å². The minimum absolute atomic E-state index is 0.103. The summed E-state index contributed by atoms with van der Waals surface area (Å²) >= 11 is 1.43. The highest BCUT2D eigenvalue weighted by atomic mass is 32.1. The second-order valence-electron chi connectivity index (χ2n) is 6.72. The molecule has 0 aliphatic carbocycles. The predicted octanol–water partition coefficient (Wildman–Crippen LogP) is 2.65. The van der Waals surface area contributed by atoms with E-state index in [1.807, 2.05) is 13.0 Å². The second-order valence-corrected chi connectivity index (χ2v) is 7.86. The highest BCUT2D eigenvalue weighted by Gasteiger charge is 2.34. The zero-order valence-corrected chi connectivity index (χ0v) is 16.8. The van der Waals surface area contributed by atoms with Crippen molar-refractivity contribution >= 4 is 28.2 Å². The molecule has 2 saturated heterocycles. The maximum Gasteiger partial charge on any atom is 0.341 e. The van der Waals surface area contributed by atoms with Gasteiger partial charge in [0.1, 0.15) is 5.00 Å². The molecule has 3 rings (SSSR count). The van der Waals surface area contributed by atoms with Gasteiger partial charge in [0, 0.05) is 4.88 Å². The Morgan fingerprint density at radius 3 is 2.78 bits per heavy atom. The lowest BCUT2D eigenvalue weighted by Gasteiger charge is -2.37. The van der Waals surface area contributed by atoms with E-state index in [1.54, 1.807) is 6.92 Å². The number of piperidine rings is 1. The lowest BCUT2D eigenvalue weighted by Crippen LogP contribution is -2.50. The van der Waals surface area contributed by atoms with Gasteiger partial charge in [0.05, 0.1) is 38.0 Å². The van der Waals surface area contributed by atoms with Crippen LogP contribution in [-0.2, 0) is 25.4 Å². The van der Waals surface area contributed by atoms with Crippen LogP contribution in [0.3, 0.4) is 0 Å². The van der Waals surface area contributed by atoms with Crippen LogP contribution in [0.1, 0.15) is 48.3 Å². The summed E-state index contributed by atoms with van der Waals surface area (Å²) in [7, 11) is 0. The van der Waals surface area contributed by atoms with Gasteiger partial charge in [0.15, 0.2) is 6.29 Å². The number of likely N-dealkylation sites (tertiary alicyclic amines) is 1. The van der Waals surface area contributed by atoms with Crippen molar-refractivity contribution in [1.82, 2.24) is 4.90 Å². The lowest BCUT2D eigenvalue weighted by atomic mass is 10.0. The Hall–Kier alpha value is -1.48. The average molecular weight is 397 g/mol. The van der Waals surface area contributed by atoms with Crippen LogP contribution in [0.4, 0.5) is 5.00 Å². The molecule has 0 spiro atoms. The Morgan fingerprint density at radius 2 is 2.07 bits per heavy atom. The van der Waals surface area contributed by atoms with Gasteiger partial charge in [-0.3, -0.25) is 9.69 Å². The summed E-state index contributed by atoms with van der Waals surface area (Å²) in [6.07, 6.45) is 3.69. The molecular formula is C19H28N2O5S. The number of hydrogen-bond donors (Lipinski definition) is 1. The van der Waals surface area contributed by atoms with Gasteiger partial charge in [-0.2, -0.15) is 0 Å². The fourth-order valence-corrected chi connectivity index (χ4v) is 4.54. The van der Waals surface area contributed by atoms with Crippen LogP contribution in [0, 0.1) is 0 Å². The van der Waals surface area contributed by atoms with Gasteiger partial charge >= 0.3 is 5.97 Å². The van der Waals surface area contributed by atoms with E-state index in [-0.39, 0.29) is 24.8 Å². The van der Waals surface area contributed by atoms with Crippen molar-refractivity contribution in [2.75, 3.05) is 38.2 Å². The summed E-state index contributed by atoms with van der Waals surface area (Å²) in [5.74, 6) is -0.526. The number of anilines is 1. The molecule has 0 bridgehead atoms. The molecule has 27 heavy (non-hydrogen) atoms. The van der Waals surface area contributed by atoms with Gasteiger partial charge in [-0.15, -0.1) is 11.3 Å². The number of aryl methyl sites for hydroxylation is 1. The number of nitrogens with one attached hydrogen (secondary N) is 1. The molecular weight excluding hydrogens is 368 g/mol. The normalized spacial score (nSPS) is 21.3. The van der Waals surface area contributed by atoms with Crippen LogP contribution >= 0.6 is 11.3 Å². The van der Waals surface area contributed by atoms with Crippen LogP contribution in [-0.4, -0.2) is 62.0 Å². The van der Waals surface area contributed by atoms with Gasteiger partial charge in [-0.1, -0.05) is 13.3 Å². The van der Waals surface area contributed by atoms with Crippen LogP contribution in [0.25, 0.3) is 0 Å². The van der Waals surface area contributed by atoms with Crippen molar-refractivity contribution in [3.05, 3.63) is 16.5 Å². The number of carbonyl (C=O) groups is 2. The molecule has 1 aromatic rings. The Labute approximate surface area is 164 Å². The number of nitrogens with zero attached hydrogens (tertiary/aromatic N) is 1. The minimum atomic E-state index is -0.396. The second kappa shape index (κ2) is 9.64. The third-order valence-corrected chi connectivity index (χ3v) is 6.05. The van der Waals surface area contributed by atoms with Crippen molar-refractivity contribution in [3.63, 3.8) is 0 Å². The number of rotatable bonds is 7. The largest absolute Gasteiger partial charge is 0.462 e. The summed E-state index contributed by atoms with van der Waals surface area (Å²) in [5, 5.41) is 3.49. The van der Waals surface area contributed by atoms with Crippen LogP contribution in [0.15, 0.2) is 6.07 Å². The Balaban J connectivity index is 1.65. The van der Waals surface area contributed by atoms with Gasteiger partial charge in [0.25, 0.3) is 0 Å². The molecule has 1 amide bonds. The molecule has 2 aliphatic heterocycles. The predicted molar refractivity (Wildman–Crippen MR) is 103 cm³/mol. The summed E-state index contributed by atoms with van der Waals surface area (Å²) in [4.78, 5) is 28.0. The van der Waals surface area contributed by atoms with E-state index in [9.17, 15) is 9.59 Å². The third kappa shape index (κ3) is 5.07. The Morgan fingerprint density at radius 1 is 1.30 bits per heavy atom. The first-order valence-electron chi connectivity index (χ1n) is 9.69. The van der Waals surface area contributed by atoms with Gasteiger partial charge < -0.3 is 19.5 Å². The van der Waals surface area contributed by atoms with E-state index in [0.29, 0.717) is 30.4 Å². The molecule has 0 aromatic carbocycles. The molecule has 3 heterocycles. The minimum Gasteiger partial charge on any atom is -0.462 e. The third-order valence-electron chi connectivity index (χ3n) is 4.85. The standard InChI is InChI=1S/C19H28N2O5S/c1-3-13-11-14(18(23)24-4-2)17(27-13)20-16(22)12-21-8-6-5-7-15(21)19-25-9-10-26-19/h11,15,19H,3-10,12H2,1-2H3,(H,20,22). The highest BCUT2D eigenvalue weighted by molar-refractivity contribution is 7.16. The molecule has 0 saturated carbocycles. The highest BCUT2D eigenvalue weighted by Crippen LogP contribution is 2.30. The number of carbonyl (C=O) groups excluding carboxylic acids is 2. The van der Waals surface area contributed by atoms with Gasteiger partial charge in [-0.05, 0) is 38.8 Å². The molecule has 7 nitrogen and oxygen atoms in total. The van der Waals surface area contributed by atoms with Crippen LogP contribution < -0.4 is 5.32 Å². The van der Waals surface area contributed by atoms with Crippen molar-refractivity contribution < 1.29 is 23.8 Å². The van der Waals surface area contributed by atoms with Crippen LogP contribution in [0.5, 0.6) is 0 Å². The van der Waals surface area contributed by atoms with E-state index in [0.717, 1.165) is 37.1 Å². The summed E-state index contributed by atoms with van der Waals surface area (Å²) in [6, 6.07) is 1.91. The molecule has 2 aliphatic rings. The quantitative estimate of drug-likeness (QED) is 0.714. The maximum absolute atomic E-state index is 12.7. The average Bonchev–Trinajstić information content (AvgIpc) is 3.32. The van der Waals surface area contributed by atoms with Crippen molar-refractivity contribution in [2.45, 2.75) is 51.9 Å². The summed E-state index contributed by atoms with van der Waals surface area (Å²) in [5.41, 5.74) is 0.435. The molecule has 1 unspecified atom stereocenters. The number of amides is 1. The first-order chi connectivity index (χ1) is 13.1. The van der Waals surface area contributed by atoms with E-state index in [4.69, 9.17) is 14.2 Å². The Bertz CT molecular complexity index is 657. The number of hydrogen-bond acceptors (Lipinski definition) is 7. The lowest BCUT2D eigenvalue weighted by molar-refractivity contribution is -0.127.